The highest BCUT2D eigenvalue weighted by Gasteiger charge is 2.23. The van der Waals surface area contributed by atoms with Crippen LogP contribution in [-0.4, -0.2) is 17.1 Å². The summed E-state index contributed by atoms with van der Waals surface area (Å²) in [6.45, 7) is 15.9. The number of hydrogen-bond acceptors (Lipinski definition) is 3. The zero-order chi connectivity index (χ0) is 24.2. The van der Waals surface area contributed by atoms with Crippen LogP contribution in [0.2, 0.25) is 0 Å². The van der Waals surface area contributed by atoms with Crippen molar-refractivity contribution in [1.82, 2.24) is 4.57 Å². The number of carbonyl (C=O) groups is 1. The second kappa shape index (κ2) is 12.9. The first-order chi connectivity index (χ1) is 16.0. The third kappa shape index (κ3) is 6.59. The quantitative estimate of drug-likeness (QED) is 0.208. The van der Waals surface area contributed by atoms with Gasteiger partial charge in [-0.25, -0.2) is 4.79 Å². The van der Waals surface area contributed by atoms with E-state index in [0.717, 1.165) is 28.3 Å². The summed E-state index contributed by atoms with van der Waals surface area (Å²) in [6, 6.07) is 19.7. The van der Waals surface area contributed by atoms with Gasteiger partial charge in [0.05, 0.1) is 23.6 Å². The lowest BCUT2D eigenvalue weighted by atomic mass is 10.1. The Morgan fingerprint density at radius 1 is 1.06 bits per heavy atom. The average Bonchev–Trinajstić information content (AvgIpc) is 3.16. The highest BCUT2D eigenvalue weighted by Crippen LogP contribution is 2.33. The van der Waals surface area contributed by atoms with Crippen molar-refractivity contribution in [3.8, 4) is 11.4 Å². The number of aryl methyl sites for hydroxylation is 1. The minimum atomic E-state index is -0.359. The van der Waals surface area contributed by atoms with Crippen LogP contribution in [0, 0.1) is 6.92 Å². The molecule has 0 N–H and O–H groups in total. The number of rotatable bonds is 8. The summed E-state index contributed by atoms with van der Waals surface area (Å²) in [5.41, 5.74) is 4.76. The Hall–Kier alpha value is -3.79. The Bertz CT molecular complexity index is 1110. The van der Waals surface area contributed by atoms with Crippen LogP contribution in [0.25, 0.3) is 11.3 Å². The number of hydrogen-bond donors (Lipinski definition) is 0. The van der Waals surface area contributed by atoms with E-state index in [9.17, 15) is 4.79 Å². The molecule has 3 rings (SSSR count). The molecule has 0 saturated heterocycles. The second-order valence-corrected chi connectivity index (χ2v) is 7.28. The smallest absolute Gasteiger partial charge is 0.340 e. The van der Waals surface area contributed by atoms with E-state index in [0.29, 0.717) is 24.5 Å². The van der Waals surface area contributed by atoms with E-state index in [4.69, 9.17) is 9.47 Å². The summed E-state index contributed by atoms with van der Waals surface area (Å²) in [6.07, 6.45) is 5.54. The predicted molar refractivity (Wildman–Crippen MR) is 137 cm³/mol. The molecule has 33 heavy (non-hydrogen) atoms. The number of para-hydroxylation sites is 2. The molecule has 0 fully saturated rings. The highest BCUT2D eigenvalue weighted by molar-refractivity contribution is 5.97. The fourth-order valence-electron chi connectivity index (χ4n) is 3.41. The van der Waals surface area contributed by atoms with Crippen molar-refractivity contribution in [3.63, 3.8) is 0 Å². The van der Waals surface area contributed by atoms with Crippen LogP contribution in [-0.2, 0) is 11.3 Å². The van der Waals surface area contributed by atoms with E-state index < -0.39 is 0 Å². The molecule has 0 aliphatic heterocycles. The minimum Gasteiger partial charge on any atom is -0.487 e. The molecule has 1 heterocycles. The summed E-state index contributed by atoms with van der Waals surface area (Å²) in [5, 5.41) is 0. The first kappa shape index (κ1) is 25.5. The normalized spacial score (nSPS) is 10.3. The molecule has 0 aliphatic carbocycles. The molecule has 0 radical (unpaired) electrons. The fraction of sp³-hybridized carbons (Fsp3) is 0.207. The Morgan fingerprint density at radius 3 is 2.33 bits per heavy atom. The summed E-state index contributed by atoms with van der Waals surface area (Å²) in [7, 11) is 0. The molecule has 0 saturated carbocycles. The van der Waals surface area contributed by atoms with Gasteiger partial charge in [0, 0.05) is 5.69 Å². The van der Waals surface area contributed by atoms with Crippen LogP contribution >= 0.6 is 0 Å². The zero-order valence-electron chi connectivity index (χ0n) is 20.0. The van der Waals surface area contributed by atoms with Gasteiger partial charge in [-0.2, -0.15) is 0 Å². The van der Waals surface area contributed by atoms with Crippen LogP contribution in [0.4, 0.5) is 0 Å². The number of benzene rings is 2. The number of nitrogens with zero attached hydrogens (tertiary/aromatic N) is 1. The maximum absolute atomic E-state index is 12.6. The van der Waals surface area contributed by atoms with Crippen molar-refractivity contribution in [2.24, 2.45) is 0 Å². The van der Waals surface area contributed by atoms with Crippen LogP contribution < -0.4 is 4.74 Å². The third-order valence-electron chi connectivity index (χ3n) is 4.70. The van der Waals surface area contributed by atoms with Gasteiger partial charge in [0.1, 0.15) is 12.4 Å². The van der Waals surface area contributed by atoms with Gasteiger partial charge in [-0.15, -0.1) is 6.58 Å². The van der Waals surface area contributed by atoms with Gasteiger partial charge in [-0.3, -0.25) is 0 Å². The lowest BCUT2D eigenvalue weighted by molar-refractivity contribution is 0.0526. The lowest BCUT2D eigenvalue weighted by Crippen LogP contribution is -2.09. The maximum Gasteiger partial charge on any atom is 0.340 e. The second-order valence-electron chi connectivity index (χ2n) is 7.28. The van der Waals surface area contributed by atoms with Crippen molar-refractivity contribution in [1.29, 1.82) is 0 Å². The van der Waals surface area contributed by atoms with E-state index in [-0.39, 0.29) is 5.97 Å². The van der Waals surface area contributed by atoms with E-state index in [1.807, 2.05) is 98.2 Å². The SMILES string of the molecule is C=C(/C=C\C)c1c(C(=O)OCC)cc(C)n1-c1ccccc1OCc1ccccc1.C=CC. The van der Waals surface area contributed by atoms with Crippen molar-refractivity contribution >= 4 is 11.5 Å². The monoisotopic (exact) mass is 443 g/mol. The molecule has 4 heteroatoms. The van der Waals surface area contributed by atoms with Crippen LogP contribution in [0.15, 0.2) is 92.0 Å². The Labute approximate surface area is 197 Å². The van der Waals surface area contributed by atoms with Gasteiger partial charge in [0.15, 0.2) is 0 Å². The largest absolute Gasteiger partial charge is 0.487 e. The zero-order valence-corrected chi connectivity index (χ0v) is 20.0. The van der Waals surface area contributed by atoms with Crippen molar-refractivity contribution in [3.05, 3.63) is 115 Å². The molecule has 0 spiro atoms. The van der Waals surface area contributed by atoms with Gasteiger partial charge in [-0.05, 0) is 57.0 Å². The molecular weight excluding hydrogens is 410 g/mol. The molecule has 0 aliphatic rings. The highest BCUT2D eigenvalue weighted by atomic mass is 16.5. The van der Waals surface area contributed by atoms with Gasteiger partial charge in [0.25, 0.3) is 0 Å². The molecule has 0 unspecified atom stereocenters. The summed E-state index contributed by atoms with van der Waals surface area (Å²) >= 11 is 0. The average molecular weight is 444 g/mol. The summed E-state index contributed by atoms with van der Waals surface area (Å²) in [4.78, 5) is 12.6. The first-order valence-corrected chi connectivity index (χ1v) is 11.0. The molecular formula is C29H33NO3. The van der Waals surface area contributed by atoms with Gasteiger partial charge < -0.3 is 14.0 Å². The number of ether oxygens (including phenoxy) is 2. The van der Waals surface area contributed by atoms with E-state index in [1.54, 1.807) is 13.0 Å². The Morgan fingerprint density at radius 2 is 1.70 bits per heavy atom. The van der Waals surface area contributed by atoms with Gasteiger partial charge in [0.2, 0.25) is 0 Å². The lowest BCUT2D eigenvalue weighted by Gasteiger charge is -2.17. The third-order valence-corrected chi connectivity index (χ3v) is 4.70. The van der Waals surface area contributed by atoms with Crippen LogP contribution in [0.1, 0.15) is 48.1 Å². The summed E-state index contributed by atoms with van der Waals surface area (Å²) in [5.74, 6) is 0.368. The number of aromatic nitrogens is 1. The van der Waals surface area contributed by atoms with E-state index >= 15 is 0 Å². The molecule has 1 aromatic heterocycles. The first-order valence-electron chi connectivity index (χ1n) is 11.0. The number of carbonyl (C=O) groups excluding carboxylic acids is 1. The van der Waals surface area contributed by atoms with E-state index in [2.05, 4.69) is 13.2 Å². The fourth-order valence-corrected chi connectivity index (χ4v) is 3.41. The molecule has 4 nitrogen and oxygen atoms in total. The van der Waals surface area contributed by atoms with E-state index in [1.165, 1.54) is 0 Å². The molecule has 0 atom stereocenters. The Balaban J connectivity index is 0.00000122. The molecule has 0 amide bonds. The standard InChI is InChI=1S/C26H27NO3.C3H6/c1-5-12-19(3)25-22(26(28)29-6-2)17-20(4)27(25)23-15-10-11-16-24(23)30-18-21-13-8-7-9-14-21;1-3-2/h5,7-17H,3,6,18H2,1-2,4H3;3H,1H2,2H3/b12-5-;. The van der Waals surface area contributed by atoms with Gasteiger partial charge >= 0.3 is 5.97 Å². The topological polar surface area (TPSA) is 40.5 Å². The van der Waals surface area contributed by atoms with Crippen molar-refractivity contribution < 1.29 is 14.3 Å². The molecule has 172 valence electrons. The van der Waals surface area contributed by atoms with Crippen molar-refractivity contribution in [2.45, 2.75) is 34.3 Å². The molecule has 2 aromatic carbocycles. The van der Waals surface area contributed by atoms with Gasteiger partial charge in [-0.1, -0.05) is 67.3 Å². The molecule has 3 aromatic rings. The van der Waals surface area contributed by atoms with Crippen LogP contribution in [0.5, 0.6) is 5.75 Å². The minimum absolute atomic E-state index is 0.315. The summed E-state index contributed by atoms with van der Waals surface area (Å²) < 4.78 is 13.5. The molecule has 0 bridgehead atoms. The number of esters is 1. The Kier molecular flexibility index (Phi) is 9.97. The number of allylic oxidation sites excluding steroid dienone is 4. The van der Waals surface area contributed by atoms with Crippen molar-refractivity contribution in [2.75, 3.05) is 6.61 Å². The maximum atomic E-state index is 12.6. The van der Waals surface area contributed by atoms with Crippen LogP contribution in [0.3, 0.4) is 0 Å². The predicted octanol–water partition coefficient (Wildman–Crippen LogP) is 7.32.